The van der Waals surface area contributed by atoms with E-state index in [9.17, 15) is 8.42 Å². The maximum Gasteiger partial charge on any atom is 0.271 e. The molecule has 0 spiro atoms. The molecule has 0 aliphatic rings. The maximum absolute atomic E-state index is 10.5. The van der Waals surface area contributed by atoms with E-state index in [0.717, 1.165) is 10.2 Å². The molecule has 0 aromatic carbocycles. The van der Waals surface area contributed by atoms with Crippen LogP contribution in [0.5, 0.6) is 0 Å². The Hall–Kier alpha value is -1.05. The molecule has 5 nitrogen and oxygen atoms in total. The zero-order valence-corrected chi connectivity index (χ0v) is 9.33. The first-order valence-electron chi connectivity index (χ1n) is 4.24. The zero-order chi connectivity index (χ0) is 10.9. The Kier molecular flexibility index (Phi) is 2.68. The zero-order valence-electron chi connectivity index (χ0n) is 7.70. The molecule has 0 fully saturated rings. The highest BCUT2D eigenvalue weighted by atomic mass is 32.2. The van der Waals surface area contributed by atoms with Crippen molar-refractivity contribution in [1.29, 1.82) is 0 Å². The minimum Gasteiger partial charge on any atom is -0.285 e. The molecule has 0 atom stereocenters. The Morgan fingerprint density at radius 1 is 1.47 bits per heavy atom. The van der Waals surface area contributed by atoms with Crippen molar-refractivity contribution in [3.63, 3.8) is 0 Å². The summed E-state index contributed by atoms with van der Waals surface area (Å²) in [5.41, 5.74) is 0.831. The van der Waals surface area contributed by atoms with E-state index in [4.69, 9.17) is 4.55 Å². The lowest BCUT2D eigenvalue weighted by Gasteiger charge is -1.92. The topological polar surface area (TPSA) is 71.1 Å². The van der Waals surface area contributed by atoms with Crippen molar-refractivity contribution in [1.82, 2.24) is 5.10 Å². The average Bonchev–Trinajstić information content (AvgIpc) is 2.60. The van der Waals surface area contributed by atoms with Crippen LogP contribution in [0.4, 0.5) is 0 Å². The molecular formula is C8H9N2O3S2+. The first-order valence-corrected chi connectivity index (χ1v) is 6.73. The van der Waals surface area contributed by atoms with Gasteiger partial charge in [-0.1, -0.05) is 4.68 Å². The number of nitrogens with zero attached hydrogens (tertiary/aromatic N) is 2. The lowest BCUT2D eigenvalue weighted by molar-refractivity contribution is -0.747. The van der Waals surface area contributed by atoms with Crippen molar-refractivity contribution in [3.05, 3.63) is 23.7 Å². The Labute approximate surface area is 90.7 Å². The van der Waals surface area contributed by atoms with E-state index < -0.39 is 10.1 Å². The van der Waals surface area contributed by atoms with E-state index >= 15 is 0 Å². The van der Waals surface area contributed by atoms with Gasteiger partial charge in [0.05, 0.1) is 4.70 Å². The molecule has 2 aromatic rings. The van der Waals surface area contributed by atoms with Gasteiger partial charge in [0.1, 0.15) is 11.3 Å². The molecule has 2 aromatic heterocycles. The predicted molar refractivity (Wildman–Crippen MR) is 56.2 cm³/mol. The standard InChI is InChI=1S/C8H8N2O3S2/c11-15(12,13)6-4-10-3-1-8-7(9-10)2-5-14-8/h1-3,5H,4,6H2/p+1. The highest BCUT2D eigenvalue weighted by Crippen LogP contribution is 2.15. The second kappa shape index (κ2) is 3.84. The molecule has 7 heteroatoms. The van der Waals surface area contributed by atoms with Gasteiger partial charge in [0.15, 0.2) is 12.7 Å². The summed E-state index contributed by atoms with van der Waals surface area (Å²) in [4.78, 5) is 0. The summed E-state index contributed by atoms with van der Waals surface area (Å²) in [6.07, 6.45) is 1.70. The second-order valence-corrected chi connectivity index (χ2v) is 5.55. The highest BCUT2D eigenvalue weighted by Gasteiger charge is 2.11. The fourth-order valence-electron chi connectivity index (χ4n) is 1.18. The van der Waals surface area contributed by atoms with Gasteiger partial charge in [-0.3, -0.25) is 4.55 Å². The molecule has 0 amide bonds. The lowest BCUT2D eigenvalue weighted by atomic mass is 10.4. The minimum absolute atomic E-state index is 0.157. The number of aromatic nitrogens is 2. The normalized spacial score (nSPS) is 12.1. The Morgan fingerprint density at radius 2 is 2.27 bits per heavy atom. The first-order chi connectivity index (χ1) is 7.04. The van der Waals surface area contributed by atoms with Crippen molar-refractivity contribution in [2.24, 2.45) is 0 Å². The summed E-state index contributed by atoms with van der Waals surface area (Å²) in [5, 5.41) is 6.11. The summed E-state index contributed by atoms with van der Waals surface area (Å²) in [7, 11) is -3.92. The van der Waals surface area contributed by atoms with E-state index in [0.29, 0.717) is 0 Å². The third-order valence-electron chi connectivity index (χ3n) is 1.89. The van der Waals surface area contributed by atoms with Crippen LogP contribution in [0.1, 0.15) is 0 Å². The van der Waals surface area contributed by atoms with Crippen LogP contribution in [0.25, 0.3) is 10.2 Å². The summed E-state index contributed by atoms with van der Waals surface area (Å²) in [6, 6.07) is 3.74. The molecule has 80 valence electrons. The monoisotopic (exact) mass is 245 g/mol. The lowest BCUT2D eigenvalue weighted by Crippen LogP contribution is -2.40. The number of thiophene rings is 1. The van der Waals surface area contributed by atoms with Gasteiger partial charge in [0.25, 0.3) is 10.1 Å². The van der Waals surface area contributed by atoms with Gasteiger partial charge < -0.3 is 0 Å². The van der Waals surface area contributed by atoms with Crippen molar-refractivity contribution >= 4 is 31.7 Å². The molecule has 1 N–H and O–H groups in total. The van der Waals surface area contributed by atoms with Gasteiger partial charge in [-0.05, 0) is 11.4 Å². The summed E-state index contributed by atoms with van der Waals surface area (Å²) >= 11 is 1.58. The molecule has 0 radical (unpaired) electrons. The number of hydrogen-bond acceptors (Lipinski definition) is 4. The molecule has 0 aliphatic heterocycles. The molecule has 0 bridgehead atoms. The first kappa shape index (κ1) is 10.5. The number of aryl methyl sites for hydroxylation is 1. The van der Waals surface area contributed by atoms with Crippen molar-refractivity contribution in [3.8, 4) is 0 Å². The van der Waals surface area contributed by atoms with Gasteiger partial charge in [-0.2, -0.15) is 8.42 Å². The van der Waals surface area contributed by atoms with Crippen molar-refractivity contribution in [2.75, 3.05) is 5.75 Å². The highest BCUT2D eigenvalue weighted by molar-refractivity contribution is 7.85. The van der Waals surface area contributed by atoms with Crippen LogP contribution in [-0.4, -0.2) is 23.8 Å². The molecule has 0 saturated heterocycles. The Morgan fingerprint density at radius 3 is 3.00 bits per heavy atom. The van der Waals surface area contributed by atoms with E-state index in [-0.39, 0.29) is 12.3 Å². The van der Waals surface area contributed by atoms with E-state index in [1.54, 1.807) is 17.5 Å². The largest absolute Gasteiger partial charge is 0.285 e. The van der Waals surface area contributed by atoms with Gasteiger partial charge in [0, 0.05) is 11.2 Å². The molecule has 0 unspecified atom stereocenters. The number of hydrogen-bond donors (Lipinski definition) is 1. The van der Waals surface area contributed by atoms with E-state index in [1.807, 2.05) is 17.5 Å². The maximum atomic E-state index is 10.5. The molecule has 2 rings (SSSR count). The fourth-order valence-corrected chi connectivity index (χ4v) is 2.31. The molecular weight excluding hydrogens is 236 g/mol. The van der Waals surface area contributed by atoms with Gasteiger partial charge >= 0.3 is 0 Å². The van der Waals surface area contributed by atoms with Crippen molar-refractivity contribution in [2.45, 2.75) is 6.54 Å². The van der Waals surface area contributed by atoms with Crippen LogP contribution in [0, 0.1) is 0 Å². The third-order valence-corrected chi connectivity index (χ3v) is 3.46. The van der Waals surface area contributed by atoms with Crippen LogP contribution >= 0.6 is 11.3 Å². The quantitative estimate of drug-likeness (QED) is 0.630. The number of fused-ring (bicyclic) bond motifs is 1. The van der Waals surface area contributed by atoms with E-state index in [1.165, 1.54) is 4.68 Å². The second-order valence-electron chi connectivity index (χ2n) is 3.03. The third kappa shape index (κ3) is 2.71. The Bertz CT molecular complexity index is 576. The Balaban J connectivity index is 2.21. The SMILES string of the molecule is O=S(=O)(O)CC[n+]1ccc2sccc2n1. The van der Waals surface area contributed by atoms with E-state index in [2.05, 4.69) is 5.10 Å². The van der Waals surface area contributed by atoms with Crippen molar-refractivity contribution < 1.29 is 17.7 Å². The molecule has 0 saturated carbocycles. The summed E-state index contributed by atoms with van der Waals surface area (Å²) < 4.78 is 32.2. The number of rotatable bonds is 3. The van der Waals surface area contributed by atoms with Crippen LogP contribution < -0.4 is 4.68 Å². The van der Waals surface area contributed by atoms with Gasteiger partial charge in [0.2, 0.25) is 0 Å². The summed E-state index contributed by atoms with van der Waals surface area (Å²) in [5.74, 6) is -0.319. The molecule has 2 heterocycles. The molecule has 15 heavy (non-hydrogen) atoms. The van der Waals surface area contributed by atoms with Gasteiger partial charge in [-0.15, -0.1) is 11.3 Å². The van der Waals surface area contributed by atoms with Crippen LogP contribution in [-0.2, 0) is 16.7 Å². The predicted octanol–water partition coefficient (Wildman–Crippen LogP) is 0.472. The van der Waals surface area contributed by atoms with Crippen LogP contribution in [0.3, 0.4) is 0 Å². The smallest absolute Gasteiger partial charge is 0.271 e. The van der Waals surface area contributed by atoms with Gasteiger partial charge in [-0.25, -0.2) is 0 Å². The molecule has 0 aliphatic carbocycles. The fraction of sp³-hybridized carbons (Fsp3) is 0.250. The van der Waals surface area contributed by atoms with Crippen LogP contribution in [0.15, 0.2) is 23.7 Å². The average molecular weight is 245 g/mol. The van der Waals surface area contributed by atoms with Crippen LogP contribution in [0.2, 0.25) is 0 Å². The summed E-state index contributed by atoms with van der Waals surface area (Å²) in [6.45, 7) is 0.157. The minimum atomic E-state index is -3.92.